The quantitative estimate of drug-likeness (QED) is 0.770. The molecule has 0 saturated carbocycles. The van der Waals surface area contributed by atoms with Crippen LogP contribution >= 0.6 is 0 Å². The molecule has 25 heavy (non-hydrogen) atoms. The number of carbonyl (C=O) groups is 2. The van der Waals surface area contributed by atoms with Gasteiger partial charge in [-0.2, -0.15) is 0 Å². The van der Waals surface area contributed by atoms with Crippen LogP contribution in [0.3, 0.4) is 0 Å². The number of carboxylic acids is 1. The lowest BCUT2D eigenvalue weighted by Crippen LogP contribution is -2.22. The van der Waals surface area contributed by atoms with Crippen molar-refractivity contribution in [1.82, 2.24) is 0 Å². The number of carbonyl (C=O) groups excluding carboxylic acids is 1. The van der Waals surface area contributed by atoms with Gasteiger partial charge in [-0.1, -0.05) is 19.1 Å². The summed E-state index contributed by atoms with van der Waals surface area (Å²) in [7, 11) is 1.61. The number of rotatable bonds is 8. The molecular weight excluding hydrogens is 322 g/mol. The molecule has 2 aromatic rings. The van der Waals surface area contributed by atoms with Crippen LogP contribution in [0.25, 0.3) is 0 Å². The lowest BCUT2D eigenvalue weighted by molar-refractivity contribution is -0.139. The van der Waals surface area contributed by atoms with Crippen LogP contribution in [0.4, 0.5) is 5.69 Å². The van der Waals surface area contributed by atoms with Gasteiger partial charge in [0.05, 0.1) is 7.11 Å². The molecular formula is C19H21NO5. The average Bonchev–Trinajstić information content (AvgIpc) is 2.61. The van der Waals surface area contributed by atoms with Crippen molar-refractivity contribution in [2.24, 2.45) is 5.92 Å². The smallest absolute Gasteiger partial charge is 0.341 e. The standard InChI is InChI=1S/C19H21NO5/c1-13(11-14-3-7-16(24-2)8-4-14)19(23)20-15-5-9-17(10-6-15)25-12-18(21)22/h3-10,13H,11-12H2,1-2H3,(H,20,23)(H,21,22). The van der Waals surface area contributed by atoms with E-state index in [9.17, 15) is 9.59 Å². The van der Waals surface area contributed by atoms with Crippen molar-refractivity contribution in [3.05, 3.63) is 54.1 Å². The van der Waals surface area contributed by atoms with Gasteiger partial charge in [0.1, 0.15) is 11.5 Å². The third-order valence-corrected chi connectivity index (χ3v) is 3.63. The maximum atomic E-state index is 12.3. The molecule has 0 aliphatic carbocycles. The van der Waals surface area contributed by atoms with Crippen molar-refractivity contribution in [1.29, 1.82) is 0 Å². The van der Waals surface area contributed by atoms with E-state index in [1.165, 1.54) is 0 Å². The first-order valence-electron chi connectivity index (χ1n) is 7.86. The van der Waals surface area contributed by atoms with Crippen LogP contribution in [-0.2, 0) is 16.0 Å². The van der Waals surface area contributed by atoms with E-state index in [1.807, 2.05) is 31.2 Å². The highest BCUT2D eigenvalue weighted by Crippen LogP contribution is 2.18. The topological polar surface area (TPSA) is 84.9 Å². The first kappa shape index (κ1) is 18.3. The molecule has 2 aromatic carbocycles. The SMILES string of the molecule is COc1ccc(CC(C)C(=O)Nc2ccc(OCC(=O)O)cc2)cc1. The van der Waals surface area contributed by atoms with Gasteiger partial charge in [-0.25, -0.2) is 4.79 Å². The fourth-order valence-electron chi connectivity index (χ4n) is 2.25. The van der Waals surface area contributed by atoms with Gasteiger partial charge in [0.15, 0.2) is 6.61 Å². The molecule has 0 aliphatic rings. The van der Waals surface area contributed by atoms with E-state index in [2.05, 4.69) is 5.32 Å². The van der Waals surface area contributed by atoms with Gasteiger partial charge in [-0.15, -0.1) is 0 Å². The van der Waals surface area contributed by atoms with Crippen LogP contribution in [0.1, 0.15) is 12.5 Å². The van der Waals surface area contributed by atoms with Gasteiger partial charge >= 0.3 is 5.97 Å². The number of methoxy groups -OCH3 is 1. The maximum Gasteiger partial charge on any atom is 0.341 e. The second kappa shape index (κ2) is 8.73. The van der Waals surface area contributed by atoms with E-state index < -0.39 is 12.6 Å². The minimum atomic E-state index is -1.04. The molecule has 0 aromatic heterocycles. The maximum absolute atomic E-state index is 12.3. The predicted octanol–water partition coefficient (Wildman–Crippen LogP) is 2.98. The van der Waals surface area contributed by atoms with E-state index in [0.717, 1.165) is 11.3 Å². The number of amides is 1. The highest BCUT2D eigenvalue weighted by Gasteiger charge is 2.14. The Kier molecular flexibility index (Phi) is 6.39. The molecule has 2 rings (SSSR count). The summed E-state index contributed by atoms with van der Waals surface area (Å²) in [4.78, 5) is 22.8. The number of hydrogen-bond donors (Lipinski definition) is 2. The minimum absolute atomic E-state index is 0.0879. The molecule has 1 unspecified atom stereocenters. The summed E-state index contributed by atoms with van der Waals surface area (Å²) >= 11 is 0. The Morgan fingerprint density at radius 2 is 1.64 bits per heavy atom. The third-order valence-electron chi connectivity index (χ3n) is 3.63. The molecule has 1 atom stereocenters. The average molecular weight is 343 g/mol. The number of aliphatic carboxylic acids is 1. The zero-order valence-corrected chi connectivity index (χ0v) is 14.2. The zero-order valence-electron chi connectivity index (χ0n) is 14.2. The number of nitrogens with one attached hydrogen (secondary N) is 1. The number of hydrogen-bond acceptors (Lipinski definition) is 4. The van der Waals surface area contributed by atoms with E-state index in [0.29, 0.717) is 17.9 Å². The largest absolute Gasteiger partial charge is 0.497 e. The van der Waals surface area contributed by atoms with Crippen molar-refractivity contribution in [2.45, 2.75) is 13.3 Å². The van der Waals surface area contributed by atoms with Crippen molar-refractivity contribution < 1.29 is 24.2 Å². The van der Waals surface area contributed by atoms with Gasteiger partial charge < -0.3 is 19.9 Å². The van der Waals surface area contributed by atoms with Crippen LogP contribution in [0.15, 0.2) is 48.5 Å². The summed E-state index contributed by atoms with van der Waals surface area (Å²) in [5.74, 6) is -0.103. The molecule has 0 bridgehead atoms. The highest BCUT2D eigenvalue weighted by atomic mass is 16.5. The third kappa shape index (κ3) is 5.84. The summed E-state index contributed by atoms with van der Waals surface area (Å²) in [5, 5.41) is 11.4. The summed E-state index contributed by atoms with van der Waals surface area (Å²) in [6.45, 7) is 1.47. The molecule has 0 radical (unpaired) electrons. The highest BCUT2D eigenvalue weighted by molar-refractivity contribution is 5.92. The number of anilines is 1. The van der Waals surface area contributed by atoms with E-state index in [-0.39, 0.29) is 11.8 Å². The van der Waals surface area contributed by atoms with E-state index in [1.54, 1.807) is 31.4 Å². The van der Waals surface area contributed by atoms with Crippen LogP contribution in [-0.4, -0.2) is 30.7 Å². The van der Waals surface area contributed by atoms with Crippen LogP contribution in [0.2, 0.25) is 0 Å². The first-order chi connectivity index (χ1) is 12.0. The lowest BCUT2D eigenvalue weighted by Gasteiger charge is -2.13. The molecule has 6 heteroatoms. The van der Waals surface area contributed by atoms with Gasteiger partial charge in [-0.05, 0) is 48.4 Å². The Hall–Kier alpha value is -3.02. The Morgan fingerprint density at radius 1 is 1.04 bits per heavy atom. The molecule has 0 saturated heterocycles. The molecule has 0 heterocycles. The van der Waals surface area contributed by atoms with Crippen molar-refractivity contribution >= 4 is 17.6 Å². The summed E-state index contributed by atoms with van der Waals surface area (Å²) in [6, 6.07) is 14.2. The second-order valence-electron chi connectivity index (χ2n) is 5.65. The number of benzene rings is 2. The first-order valence-corrected chi connectivity index (χ1v) is 7.86. The second-order valence-corrected chi connectivity index (χ2v) is 5.65. The van der Waals surface area contributed by atoms with Crippen LogP contribution in [0, 0.1) is 5.92 Å². The lowest BCUT2D eigenvalue weighted by atomic mass is 10.00. The van der Waals surface area contributed by atoms with Gasteiger partial charge in [0.25, 0.3) is 0 Å². The molecule has 0 aliphatic heterocycles. The summed E-state index contributed by atoms with van der Waals surface area (Å²) in [6.07, 6.45) is 0.621. The molecule has 6 nitrogen and oxygen atoms in total. The summed E-state index contributed by atoms with van der Waals surface area (Å²) in [5.41, 5.74) is 1.69. The van der Waals surface area contributed by atoms with Crippen molar-refractivity contribution in [3.63, 3.8) is 0 Å². The molecule has 2 N–H and O–H groups in total. The number of carboxylic acid groups (broad SMARTS) is 1. The number of ether oxygens (including phenoxy) is 2. The Balaban J connectivity index is 1.88. The van der Waals surface area contributed by atoms with Gasteiger partial charge in [-0.3, -0.25) is 4.79 Å². The van der Waals surface area contributed by atoms with Gasteiger partial charge in [0, 0.05) is 11.6 Å². The molecule has 1 amide bonds. The monoisotopic (exact) mass is 343 g/mol. The normalized spacial score (nSPS) is 11.4. The zero-order chi connectivity index (χ0) is 18.2. The Labute approximate surface area is 146 Å². The fraction of sp³-hybridized carbons (Fsp3) is 0.263. The van der Waals surface area contributed by atoms with Gasteiger partial charge in [0.2, 0.25) is 5.91 Å². The van der Waals surface area contributed by atoms with Crippen molar-refractivity contribution in [3.8, 4) is 11.5 Å². The molecule has 0 fully saturated rings. The predicted molar refractivity (Wildman–Crippen MR) is 94.1 cm³/mol. The Bertz CT molecular complexity index is 710. The van der Waals surface area contributed by atoms with E-state index >= 15 is 0 Å². The van der Waals surface area contributed by atoms with Crippen LogP contribution in [0.5, 0.6) is 11.5 Å². The van der Waals surface area contributed by atoms with Crippen LogP contribution < -0.4 is 14.8 Å². The van der Waals surface area contributed by atoms with Crippen molar-refractivity contribution in [2.75, 3.05) is 19.0 Å². The van der Waals surface area contributed by atoms with E-state index in [4.69, 9.17) is 14.6 Å². The minimum Gasteiger partial charge on any atom is -0.497 e. The summed E-state index contributed by atoms with van der Waals surface area (Å²) < 4.78 is 10.2. The molecule has 0 spiro atoms. The Morgan fingerprint density at radius 3 is 2.20 bits per heavy atom. The fourth-order valence-corrected chi connectivity index (χ4v) is 2.25. The molecule has 132 valence electrons.